The standard InChI is InChI=1S/C23H31N5O3/c1-16-7-9-27(10-8-16)20-19(21(29)22(20)30)24-15-17-3-5-18(6-4-17)23(31)25-28-13-11-26(2)12-14-28/h3-6,16,24H,7-15H2,1-2H3,(H,25,31). The summed E-state index contributed by atoms with van der Waals surface area (Å²) in [7, 11) is 2.07. The highest BCUT2D eigenvalue weighted by Crippen LogP contribution is 2.26. The first-order valence-corrected chi connectivity index (χ1v) is 11.1. The van der Waals surface area contributed by atoms with Crippen LogP contribution in [0.4, 0.5) is 11.4 Å². The molecule has 0 atom stereocenters. The predicted molar refractivity (Wildman–Crippen MR) is 122 cm³/mol. The quantitative estimate of drug-likeness (QED) is 0.669. The highest BCUT2D eigenvalue weighted by Gasteiger charge is 2.28. The molecule has 2 aromatic carbocycles. The number of amides is 1. The van der Waals surface area contributed by atoms with E-state index in [9.17, 15) is 14.4 Å². The predicted octanol–water partition coefficient (Wildman–Crippen LogP) is 1.02. The van der Waals surface area contributed by atoms with E-state index in [1.54, 1.807) is 12.1 Å². The summed E-state index contributed by atoms with van der Waals surface area (Å²) in [5.74, 6) is 0.541. The minimum Gasteiger partial charge on any atom is -0.376 e. The van der Waals surface area contributed by atoms with E-state index in [0.717, 1.165) is 57.7 Å². The van der Waals surface area contributed by atoms with Crippen LogP contribution >= 0.6 is 0 Å². The number of hydrogen-bond donors (Lipinski definition) is 2. The van der Waals surface area contributed by atoms with Crippen LogP contribution in [0.3, 0.4) is 0 Å². The molecule has 2 saturated heterocycles. The summed E-state index contributed by atoms with van der Waals surface area (Å²) in [5, 5.41) is 5.10. The van der Waals surface area contributed by atoms with Gasteiger partial charge in [-0.25, -0.2) is 5.01 Å². The maximum Gasteiger partial charge on any atom is 0.265 e. The van der Waals surface area contributed by atoms with Crippen molar-refractivity contribution in [1.82, 2.24) is 15.3 Å². The first-order chi connectivity index (χ1) is 14.9. The Balaban J connectivity index is 1.33. The van der Waals surface area contributed by atoms with Gasteiger partial charge in [0.15, 0.2) is 0 Å². The molecule has 2 aliphatic heterocycles. The lowest BCUT2D eigenvalue weighted by Crippen LogP contribution is -2.52. The molecule has 2 fully saturated rings. The number of piperidine rings is 1. The van der Waals surface area contributed by atoms with Crippen molar-refractivity contribution in [3.8, 4) is 0 Å². The fourth-order valence-electron chi connectivity index (χ4n) is 4.17. The molecule has 0 spiro atoms. The zero-order valence-corrected chi connectivity index (χ0v) is 18.3. The van der Waals surface area contributed by atoms with E-state index in [1.165, 1.54) is 0 Å². The van der Waals surface area contributed by atoms with Gasteiger partial charge in [-0.3, -0.25) is 19.8 Å². The van der Waals surface area contributed by atoms with Crippen molar-refractivity contribution in [2.45, 2.75) is 26.3 Å². The van der Waals surface area contributed by atoms with Gasteiger partial charge in [0.1, 0.15) is 11.4 Å². The number of hydrogen-bond acceptors (Lipinski definition) is 7. The van der Waals surface area contributed by atoms with E-state index in [2.05, 4.69) is 29.6 Å². The maximum absolute atomic E-state index is 12.5. The highest BCUT2D eigenvalue weighted by molar-refractivity contribution is 5.93. The molecule has 0 bridgehead atoms. The molecule has 0 unspecified atom stereocenters. The Morgan fingerprint density at radius 1 is 0.968 bits per heavy atom. The summed E-state index contributed by atoms with van der Waals surface area (Å²) < 4.78 is 0. The number of carbonyl (C=O) groups excluding carboxylic acids is 1. The lowest BCUT2D eigenvalue weighted by Gasteiger charge is -2.33. The largest absolute Gasteiger partial charge is 0.376 e. The molecule has 0 radical (unpaired) electrons. The molecule has 0 aliphatic carbocycles. The van der Waals surface area contributed by atoms with Crippen LogP contribution in [0.1, 0.15) is 35.7 Å². The Labute approximate surface area is 182 Å². The average Bonchev–Trinajstić information content (AvgIpc) is 2.79. The molecule has 2 aliphatic rings. The van der Waals surface area contributed by atoms with Gasteiger partial charge in [-0.15, -0.1) is 0 Å². The molecule has 8 heteroatoms. The molecule has 0 aromatic heterocycles. The summed E-state index contributed by atoms with van der Waals surface area (Å²) in [6, 6.07) is 7.33. The minimum absolute atomic E-state index is 0.117. The van der Waals surface area contributed by atoms with Gasteiger partial charge >= 0.3 is 0 Å². The molecule has 2 N–H and O–H groups in total. The smallest absolute Gasteiger partial charge is 0.265 e. The van der Waals surface area contributed by atoms with Gasteiger partial charge in [0.05, 0.1) is 0 Å². The van der Waals surface area contributed by atoms with Gasteiger partial charge in [0, 0.05) is 51.4 Å². The van der Waals surface area contributed by atoms with Crippen LogP contribution in [0, 0.1) is 5.92 Å². The van der Waals surface area contributed by atoms with Gasteiger partial charge in [0.25, 0.3) is 16.8 Å². The lowest BCUT2D eigenvalue weighted by atomic mass is 9.98. The van der Waals surface area contributed by atoms with Crippen LogP contribution < -0.4 is 26.5 Å². The molecule has 4 rings (SSSR count). The van der Waals surface area contributed by atoms with E-state index in [-0.39, 0.29) is 11.3 Å². The fourth-order valence-corrected chi connectivity index (χ4v) is 4.17. The molecule has 1 amide bonds. The van der Waals surface area contributed by atoms with Crippen LogP contribution in [-0.2, 0) is 6.54 Å². The third-order valence-corrected chi connectivity index (χ3v) is 6.43. The van der Waals surface area contributed by atoms with Gasteiger partial charge in [-0.2, -0.15) is 0 Å². The van der Waals surface area contributed by atoms with Crippen molar-refractivity contribution in [2.24, 2.45) is 5.92 Å². The number of piperazine rings is 1. The van der Waals surface area contributed by atoms with E-state index in [4.69, 9.17) is 0 Å². The summed E-state index contributed by atoms with van der Waals surface area (Å²) >= 11 is 0. The maximum atomic E-state index is 12.5. The first kappa shape index (κ1) is 21.5. The van der Waals surface area contributed by atoms with Crippen LogP contribution in [0.25, 0.3) is 0 Å². The minimum atomic E-state index is -0.434. The molecule has 2 heterocycles. The van der Waals surface area contributed by atoms with Crippen molar-refractivity contribution in [1.29, 1.82) is 0 Å². The van der Waals surface area contributed by atoms with E-state index in [1.807, 2.05) is 22.0 Å². The Morgan fingerprint density at radius 2 is 1.61 bits per heavy atom. The first-order valence-electron chi connectivity index (χ1n) is 11.1. The van der Waals surface area contributed by atoms with Gasteiger partial charge < -0.3 is 15.1 Å². The van der Waals surface area contributed by atoms with Gasteiger partial charge in [-0.05, 0) is 43.5 Å². The van der Waals surface area contributed by atoms with Crippen molar-refractivity contribution >= 4 is 17.3 Å². The van der Waals surface area contributed by atoms with E-state index >= 15 is 0 Å². The molecule has 2 aromatic rings. The molecule has 31 heavy (non-hydrogen) atoms. The topological polar surface area (TPSA) is 85.0 Å². The Kier molecular flexibility index (Phi) is 6.38. The summed E-state index contributed by atoms with van der Waals surface area (Å²) in [5.41, 5.74) is 4.65. The second-order valence-electron chi connectivity index (χ2n) is 8.83. The Bertz CT molecular complexity index is 980. The zero-order valence-electron chi connectivity index (χ0n) is 18.3. The average molecular weight is 426 g/mol. The van der Waals surface area contributed by atoms with Crippen LogP contribution in [0.15, 0.2) is 33.9 Å². The van der Waals surface area contributed by atoms with Crippen molar-refractivity contribution in [3.05, 3.63) is 55.8 Å². The zero-order chi connectivity index (χ0) is 22.0. The molecule has 166 valence electrons. The van der Waals surface area contributed by atoms with Crippen LogP contribution in [-0.4, -0.2) is 62.1 Å². The fraction of sp³-hybridized carbons (Fsp3) is 0.522. The number of hydrazine groups is 1. The van der Waals surface area contributed by atoms with E-state index in [0.29, 0.717) is 29.4 Å². The number of nitrogens with zero attached hydrogens (tertiary/aromatic N) is 3. The number of anilines is 2. The number of likely N-dealkylation sites (N-methyl/N-ethyl adjacent to an activating group) is 1. The third kappa shape index (κ3) is 4.80. The van der Waals surface area contributed by atoms with Crippen LogP contribution in [0.2, 0.25) is 0 Å². The normalized spacial score (nSPS) is 19.0. The Morgan fingerprint density at radius 3 is 2.26 bits per heavy atom. The van der Waals surface area contributed by atoms with Gasteiger partial charge in [-0.1, -0.05) is 19.1 Å². The summed E-state index contributed by atoms with van der Waals surface area (Å²) in [6.45, 7) is 7.77. The molecular weight excluding hydrogens is 394 g/mol. The Hall–Kier alpha value is -2.71. The SMILES string of the molecule is CC1CCN(c2c(NCc3ccc(C(=O)NN4CCN(C)CC4)cc3)c(=O)c2=O)CC1. The lowest BCUT2D eigenvalue weighted by molar-refractivity contribution is 0.0662. The second kappa shape index (κ2) is 9.20. The highest BCUT2D eigenvalue weighted by atomic mass is 16.2. The van der Waals surface area contributed by atoms with E-state index < -0.39 is 5.43 Å². The number of carbonyl (C=O) groups is 1. The monoisotopic (exact) mass is 425 g/mol. The molecule has 8 nitrogen and oxygen atoms in total. The molecule has 0 saturated carbocycles. The molecular formula is C23H31N5O3. The number of rotatable bonds is 6. The third-order valence-electron chi connectivity index (χ3n) is 6.43. The van der Waals surface area contributed by atoms with Gasteiger partial charge in [0.2, 0.25) is 0 Å². The number of nitrogens with one attached hydrogen (secondary N) is 2. The summed E-state index contributed by atoms with van der Waals surface area (Å²) in [6.07, 6.45) is 2.08. The number of benzene rings is 1. The van der Waals surface area contributed by atoms with Crippen LogP contribution in [0.5, 0.6) is 0 Å². The second-order valence-corrected chi connectivity index (χ2v) is 8.83. The summed E-state index contributed by atoms with van der Waals surface area (Å²) in [4.78, 5) is 41.0. The van der Waals surface area contributed by atoms with Crippen molar-refractivity contribution in [2.75, 3.05) is 56.5 Å². The van der Waals surface area contributed by atoms with Crippen molar-refractivity contribution in [3.63, 3.8) is 0 Å². The van der Waals surface area contributed by atoms with Crippen molar-refractivity contribution < 1.29 is 4.79 Å².